The van der Waals surface area contributed by atoms with Gasteiger partial charge in [-0.15, -0.1) is 0 Å². The fourth-order valence-electron chi connectivity index (χ4n) is 1.82. The molecule has 3 nitrogen and oxygen atoms in total. The first kappa shape index (κ1) is 9.44. The second-order valence-corrected chi connectivity index (χ2v) is 4.57. The molecule has 2 aliphatic rings. The Morgan fingerprint density at radius 1 is 1.23 bits per heavy atom. The van der Waals surface area contributed by atoms with Gasteiger partial charge in [0, 0.05) is 6.04 Å². The average molecular weight is 185 g/mol. The largest absolute Gasteiger partial charge is 0.387 e. The molecule has 0 unspecified atom stereocenters. The van der Waals surface area contributed by atoms with E-state index < -0.39 is 5.60 Å². The fourth-order valence-corrected chi connectivity index (χ4v) is 1.82. The van der Waals surface area contributed by atoms with Crippen molar-refractivity contribution >= 4 is 0 Å². The third kappa shape index (κ3) is 2.66. The summed E-state index contributed by atoms with van der Waals surface area (Å²) in [5.41, 5.74) is 5.33. The highest BCUT2D eigenvalue weighted by atomic mass is 16.5. The van der Waals surface area contributed by atoms with Gasteiger partial charge in [-0.1, -0.05) is 0 Å². The highest BCUT2D eigenvalue weighted by Crippen LogP contribution is 2.36. The van der Waals surface area contributed by atoms with Crippen LogP contribution in [-0.4, -0.2) is 29.5 Å². The molecule has 0 spiro atoms. The summed E-state index contributed by atoms with van der Waals surface area (Å²) in [6.07, 6.45) is 6.46. The van der Waals surface area contributed by atoms with Gasteiger partial charge in [-0.3, -0.25) is 0 Å². The average Bonchev–Trinajstić information content (AvgIpc) is 2.84. The van der Waals surface area contributed by atoms with E-state index in [0.717, 1.165) is 38.5 Å². The zero-order chi connectivity index (χ0) is 9.31. The molecule has 2 fully saturated rings. The summed E-state index contributed by atoms with van der Waals surface area (Å²) in [7, 11) is 0. The van der Waals surface area contributed by atoms with Crippen LogP contribution in [0.25, 0.3) is 0 Å². The second kappa shape index (κ2) is 3.56. The molecule has 2 saturated carbocycles. The Bertz CT molecular complexity index is 172. The van der Waals surface area contributed by atoms with Crippen LogP contribution >= 0.6 is 0 Å². The molecule has 0 saturated heterocycles. The number of nitrogens with two attached hydrogens (primary N) is 1. The van der Waals surface area contributed by atoms with Crippen molar-refractivity contribution in [3.63, 3.8) is 0 Å². The van der Waals surface area contributed by atoms with E-state index in [1.54, 1.807) is 0 Å². The van der Waals surface area contributed by atoms with Gasteiger partial charge in [-0.05, 0) is 38.5 Å². The molecule has 13 heavy (non-hydrogen) atoms. The number of rotatable bonds is 3. The first-order chi connectivity index (χ1) is 6.18. The number of aliphatic hydroxyl groups is 1. The lowest BCUT2D eigenvalue weighted by molar-refractivity contribution is -0.0359. The van der Waals surface area contributed by atoms with Crippen LogP contribution in [0, 0.1) is 0 Å². The van der Waals surface area contributed by atoms with Crippen LogP contribution in [0.2, 0.25) is 0 Å². The Hall–Kier alpha value is -0.120. The van der Waals surface area contributed by atoms with Crippen LogP contribution < -0.4 is 5.73 Å². The first-order valence-corrected chi connectivity index (χ1v) is 5.27. The van der Waals surface area contributed by atoms with E-state index >= 15 is 0 Å². The minimum Gasteiger partial charge on any atom is -0.387 e. The highest BCUT2D eigenvalue weighted by molar-refractivity contribution is 4.93. The van der Waals surface area contributed by atoms with Crippen molar-refractivity contribution in [2.75, 3.05) is 6.61 Å². The van der Waals surface area contributed by atoms with Gasteiger partial charge in [0.1, 0.15) is 0 Å². The van der Waals surface area contributed by atoms with Crippen LogP contribution in [0.15, 0.2) is 0 Å². The Morgan fingerprint density at radius 3 is 2.38 bits per heavy atom. The molecule has 76 valence electrons. The molecule has 0 radical (unpaired) electrons. The van der Waals surface area contributed by atoms with E-state index in [1.165, 1.54) is 0 Å². The quantitative estimate of drug-likeness (QED) is 0.683. The minimum atomic E-state index is -0.459. The molecule has 2 rings (SSSR count). The molecule has 0 atom stereocenters. The molecular weight excluding hydrogens is 166 g/mol. The van der Waals surface area contributed by atoms with E-state index in [-0.39, 0.29) is 0 Å². The van der Waals surface area contributed by atoms with Crippen molar-refractivity contribution in [1.29, 1.82) is 0 Å². The smallest absolute Gasteiger partial charge is 0.0882 e. The van der Waals surface area contributed by atoms with Gasteiger partial charge in [0.05, 0.1) is 18.3 Å². The normalized spacial score (nSPS) is 37.4. The maximum absolute atomic E-state index is 9.56. The molecule has 0 amide bonds. The van der Waals surface area contributed by atoms with Crippen molar-refractivity contribution in [2.45, 2.75) is 56.3 Å². The summed E-state index contributed by atoms with van der Waals surface area (Å²) < 4.78 is 5.65. The summed E-state index contributed by atoms with van der Waals surface area (Å²) in [4.78, 5) is 0. The maximum Gasteiger partial charge on any atom is 0.0882 e. The van der Waals surface area contributed by atoms with Crippen LogP contribution in [0.4, 0.5) is 0 Å². The van der Waals surface area contributed by atoms with Crippen LogP contribution in [0.1, 0.15) is 38.5 Å². The van der Waals surface area contributed by atoms with Gasteiger partial charge in [0.25, 0.3) is 0 Å². The van der Waals surface area contributed by atoms with Gasteiger partial charge in [-0.2, -0.15) is 0 Å². The van der Waals surface area contributed by atoms with E-state index in [1.807, 2.05) is 0 Å². The van der Waals surface area contributed by atoms with Gasteiger partial charge in [0.2, 0.25) is 0 Å². The molecular formula is C10H19NO2. The van der Waals surface area contributed by atoms with Crippen LogP contribution in [0.3, 0.4) is 0 Å². The van der Waals surface area contributed by atoms with Crippen molar-refractivity contribution in [3.05, 3.63) is 0 Å². The highest BCUT2D eigenvalue weighted by Gasteiger charge is 2.41. The SMILES string of the molecule is NC1CCC(OCC2(O)CC2)CC1. The molecule has 0 aromatic rings. The predicted molar refractivity (Wildman–Crippen MR) is 50.4 cm³/mol. The van der Waals surface area contributed by atoms with Crippen LogP contribution in [0.5, 0.6) is 0 Å². The van der Waals surface area contributed by atoms with Gasteiger partial charge < -0.3 is 15.6 Å². The fraction of sp³-hybridized carbons (Fsp3) is 1.00. The molecule has 0 aliphatic heterocycles. The van der Waals surface area contributed by atoms with E-state index in [0.29, 0.717) is 18.8 Å². The van der Waals surface area contributed by atoms with Gasteiger partial charge in [0.15, 0.2) is 0 Å². The lowest BCUT2D eigenvalue weighted by Gasteiger charge is -2.26. The van der Waals surface area contributed by atoms with Crippen molar-refractivity contribution in [3.8, 4) is 0 Å². The molecule has 0 bridgehead atoms. The summed E-state index contributed by atoms with van der Waals surface area (Å²) in [6.45, 7) is 0.535. The monoisotopic (exact) mass is 185 g/mol. The summed E-state index contributed by atoms with van der Waals surface area (Å²) in [5.74, 6) is 0. The number of hydrogen-bond acceptors (Lipinski definition) is 3. The molecule has 0 aromatic carbocycles. The van der Waals surface area contributed by atoms with E-state index in [4.69, 9.17) is 10.5 Å². The van der Waals surface area contributed by atoms with Crippen molar-refractivity contribution in [2.24, 2.45) is 5.73 Å². The standard InChI is InChI=1S/C10H19NO2/c11-8-1-3-9(4-2-8)13-7-10(12)5-6-10/h8-9,12H,1-7,11H2. The molecule has 2 aliphatic carbocycles. The van der Waals surface area contributed by atoms with E-state index in [2.05, 4.69) is 0 Å². The third-order valence-electron chi connectivity index (χ3n) is 3.13. The number of hydrogen-bond donors (Lipinski definition) is 2. The van der Waals surface area contributed by atoms with Crippen molar-refractivity contribution < 1.29 is 9.84 Å². The molecule has 3 heteroatoms. The van der Waals surface area contributed by atoms with Gasteiger partial charge in [-0.25, -0.2) is 0 Å². The second-order valence-electron chi connectivity index (χ2n) is 4.57. The zero-order valence-electron chi connectivity index (χ0n) is 8.04. The van der Waals surface area contributed by atoms with E-state index in [9.17, 15) is 5.11 Å². The Kier molecular flexibility index (Phi) is 2.58. The Morgan fingerprint density at radius 2 is 1.85 bits per heavy atom. The minimum absolute atomic E-state index is 0.351. The number of ether oxygens (including phenoxy) is 1. The molecule has 0 aromatic heterocycles. The van der Waals surface area contributed by atoms with Crippen molar-refractivity contribution in [1.82, 2.24) is 0 Å². The Labute approximate surface area is 79.3 Å². The van der Waals surface area contributed by atoms with Gasteiger partial charge >= 0.3 is 0 Å². The summed E-state index contributed by atoms with van der Waals surface area (Å²) >= 11 is 0. The lowest BCUT2D eigenvalue weighted by Crippen LogP contribution is -2.32. The molecule has 0 heterocycles. The third-order valence-corrected chi connectivity index (χ3v) is 3.13. The molecule has 3 N–H and O–H groups in total. The zero-order valence-corrected chi connectivity index (χ0v) is 8.04. The first-order valence-electron chi connectivity index (χ1n) is 5.27. The maximum atomic E-state index is 9.56. The lowest BCUT2D eigenvalue weighted by atomic mass is 9.94. The Balaban J connectivity index is 1.65. The summed E-state index contributed by atoms with van der Waals surface area (Å²) in [5, 5.41) is 9.56. The summed E-state index contributed by atoms with van der Waals surface area (Å²) in [6, 6.07) is 0.379. The predicted octanol–water partition coefficient (Wildman–Crippen LogP) is 0.798. The topological polar surface area (TPSA) is 55.5 Å². The van der Waals surface area contributed by atoms with Crippen LogP contribution in [-0.2, 0) is 4.74 Å².